The highest BCUT2D eigenvalue weighted by molar-refractivity contribution is 5.78. The number of benzene rings is 2. The molecule has 0 saturated heterocycles. The zero-order valence-corrected chi connectivity index (χ0v) is 15.3. The SMILES string of the molecule is CC(c1ccc(F)c(F)c1)N(C)CC(=O)N(C)C(C)c1ccc(F)cc1. The van der Waals surface area contributed by atoms with Gasteiger partial charge >= 0.3 is 0 Å². The Kier molecular flexibility index (Phi) is 6.42. The van der Waals surface area contributed by atoms with E-state index in [1.807, 2.05) is 13.8 Å². The van der Waals surface area contributed by atoms with Crippen LogP contribution in [-0.2, 0) is 4.79 Å². The van der Waals surface area contributed by atoms with Crippen LogP contribution in [0.1, 0.15) is 37.1 Å². The summed E-state index contributed by atoms with van der Waals surface area (Å²) in [5, 5.41) is 0. The fraction of sp³-hybridized carbons (Fsp3) is 0.350. The molecule has 0 aliphatic heterocycles. The molecule has 0 heterocycles. The first-order chi connectivity index (χ1) is 12.2. The molecular weight excluding hydrogens is 341 g/mol. The van der Waals surface area contributed by atoms with Gasteiger partial charge in [-0.2, -0.15) is 0 Å². The van der Waals surface area contributed by atoms with E-state index in [9.17, 15) is 18.0 Å². The topological polar surface area (TPSA) is 23.6 Å². The zero-order valence-electron chi connectivity index (χ0n) is 15.3. The Morgan fingerprint density at radius 2 is 1.46 bits per heavy atom. The molecule has 2 atom stereocenters. The largest absolute Gasteiger partial charge is 0.338 e. The molecule has 0 bridgehead atoms. The first-order valence-electron chi connectivity index (χ1n) is 8.37. The minimum absolute atomic E-state index is 0.113. The number of hydrogen-bond donors (Lipinski definition) is 0. The summed E-state index contributed by atoms with van der Waals surface area (Å²) in [7, 11) is 3.44. The van der Waals surface area contributed by atoms with Crippen LogP contribution in [0, 0.1) is 17.5 Å². The van der Waals surface area contributed by atoms with Crippen molar-refractivity contribution >= 4 is 5.91 Å². The summed E-state index contributed by atoms with van der Waals surface area (Å²) in [5.74, 6) is -2.25. The Hall–Kier alpha value is -2.34. The molecule has 26 heavy (non-hydrogen) atoms. The molecule has 2 aromatic carbocycles. The summed E-state index contributed by atoms with van der Waals surface area (Å²) in [5.41, 5.74) is 1.42. The molecule has 0 radical (unpaired) electrons. The third kappa shape index (κ3) is 4.64. The van der Waals surface area contributed by atoms with E-state index in [2.05, 4.69) is 0 Å². The van der Waals surface area contributed by atoms with Crippen molar-refractivity contribution in [1.29, 1.82) is 0 Å². The fourth-order valence-electron chi connectivity index (χ4n) is 2.67. The molecule has 2 aromatic rings. The molecule has 1 amide bonds. The average molecular weight is 364 g/mol. The van der Waals surface area contributed by atoms with Gasteiger partial charge in [-0.05, 0) is 56.3 Å². The maximum absolute atomic E-state index is 13.4. The van der Waals surface area contributed by atoms with E-state index in [0.717, 1.165) is 17.7 Å². The molecule has 0 saturated carbocycles. The van der Waals surface area contributed by atoms with Crippen LogP contribution < -0.4 is 0 Å². The van der Waals surface area contributed by atoms with Crippen LogP contribution in [0.3, 0.4) is 0 Å². The lowest BCUT2D eigenvalue weighted by molar-refractivity contribution is -0.133. The van der Waals surface area contributed by atoms with E-state index in [1.165, 1.54) is 18.2 Å². The average Bonchev–Trinajstić information content (AvgIpc) is 2.62. The normalized spacial score (nSPS) is 13.5. The van der Waals surface area contributed by atoms with E-state index in [4.69, 9.17) is 0 Å². The van der Waals surface area contributed by atoms with Gasteiger partial charge in [-0.1, -0.05) is 18.2 Å². The number of rotatable bonds is 6. The Bertz CT molecular complexity index is 764. The summed E-state index contributed by atoms with van der Waals surface area (Å²) in [6.45, 7) is 3.80. The van der Waals surface area contributed by atoms with Gasteiger partial charge in [-0.25, -0.2) is 13.2 Å². The number of carbonyl (C=O) groups excluding carboxylic acids is 1. The smallest absolute Gasteiger partial charge is 0.237 e. The van der Waals surface area contributed by atoms with Crippen molar-refractivity contribution in [2.24, 2.45) is 0 Å². The minimum atomic E-state index is -0.906. The van der Waals surface area contributed by atoms with E-state index >= 15 is 0 Å². The molecule has 2 unspecified atom stereocenters. The second-order valence-electron chi connectivity index (χ2n) is 6.50. The maximum atomic E-state index is 13.4. The van der Waals surface area contributed by atoms with Crippen LogP contribution in [0.25, 0.3) is 0 Å². The molecule has 0 N–H and O–H groups in total. The number of carbonyl (C=O) groups is 1. The molecule has 0 aromatic heterocycles. The molecule has 3 nitrogen and oxygen atoms in total. The van der Waals surface area contributed by atoms with Gasteiger partial charge in [0.15, 0.2) is 11.6 Å². The first kappa shape index (κ1) is 20.0. The summed E-state index contributed by atoms with van der Waals surface area (Å²) in [4.78, 5) is 15.9. The van der Waals surface area contributed by atoms with Crippen LogP contribution in [0.15, 0.2) is 42.5 Å². The van der Waals surface area contributed by atoms with Crippen molar-refractivity contribution in [3.8, 4) is 0 Å². The van der Waals surface area contributed by atoms with Crippen molar-refractivity contribution < 1.29 is 18.0 Å². The lowest BCUT2D eigenvalue weighted by Gasteiger charge is -2.30. The fourth-order valence-corrected chi connectivity index (χ4v) is 2.67. The summed E-state index contributed by atoms with van der Waals surface area (Å²) >= 11 is 0. The van der Waals surface area contributed by atoms with E-state index in [0.29, 0.717) is 5.56 Å². The van der Waals surface area contributed by atoms with Gasteiger partial charge in [-0.3, -0.25) is 9.69 Å². The number of halogens is 3. The highest BCUT2D eigenvalue weighted by Crippen LogP contribution is 2.23. The van der Waals surface area contributed by atoms with E-state index in [1.54, 1.807) is 36.0 Å². The highest BCUT2D eigenvalue weighted by atomic mass is 19.2. The lowest BCUT2D eigenvalue weighted by Crippen LogP contribution is -2.38. The van der Waals surface area contributed by atoms with Crippen molar-refractivity contribution in [2.45, 2.75) is 25.9 Å². The van der Waals surface area contributed by atoms with Gasteiger partial charge < -0.3 is 4.90 Å². The van der Waals surface area contributed by atoms with Crippen molar-refractivity contribution in [2.75, 3.05) is 20.6 Å². The number of nitrogens with zero attached hydrogens (tertiary/aromatic N) is 2. The summed E-state index contributed by atoms with van der Waals surface area (Å²) in [6, 6.07) is 9.29. The van der Waals surface area contributed by atoms with Crippen molar-refractivity contribution in [1.82, 2.24) is 9.80 Å². The van der Waals surface area contributed by atoms with Crippen molar-refractivity contribution in [3.63, 3.8) is 0 Å². The quantitative estimate of drug-likeness (QED) is 0.762. The number of amides is 1. The second-order valence-corrected chi connectivity index (χ2v) is 6.50. The predicted octanol–water partition coefficient (Wildman–Crippen LogP) is 4.32. The molecule has 6 heteroatoms. The predicted molar refractivity (Wildman–Crippen MR) is 95.0 cm³/mol. The minimum Gasteiger partial charge on any atom is -0.338 e. The standard InChI is InChI=1S/C20H23F3N2O/c1-13(16-7-10-18(22)19(23)11-16)24(3)12-20(26)25(4)14(2)15-5-8-17(21)9-6-15/h5-11,13-14H,12H2,1-4H3. The van der Waals surface area contributed by atoms with Gasteiger partial charge in [-0.15, -0.1) is 0 Å². The molecule has 0 aliphatic carbocycles. The Labute approximate surface area is 152 Å². The molecular formula is C20H23F3N2O. The zero-order chi connectivity index (χ0) is 19.4. The molecule has 0 fully saturated rings. The van der Waals surface area contributed by atoms with Crippen molar-refractivity contribution in [3.05, 3.63) is 71.0 Å². The highest BCUT2D eigenvalue weighted by Gasteiger charge is 2.22. The Balaban J connectivity index is 2.02. The lowest BCUT2D eigenvalue weighted by atomic mass is 10.1. The van der Waals surface area contributed by atoms with Crippen LogP contribution >= 0.6 is 0 Å². The third-order valence-corrected chi connectivity index (χ3v) is 4.80. The molecule has 0 aliphatic rings. The molecule has 140 valence electrons. The summed E-state index contributed by atoms with van der Waals surface area (Å²) in [6.07, 6.45) is 0. The first-order valence-corrected chi connectivity index (χ1v) is 8.37. The van der Waals surface area contributed by atoms with Crippen LogP contribution in [0.2, 0.25) is 0 Å². The van der Waals surface area contributed by atoms with Gasteiger partial charge in [0, 0.05) is 13.1 Å². The number of hydrogen-bond acceptors (Lipinski definition) is 2. The second kappa shape index (κ2) is 8.36. The van der Waals surface area contributed by atoms with E-state index in [-0.39, 0.29) is 30.4 Å². The maximum Gasteiger partial charge on any atom is 0.237 e. The molecule has 2 rings (SSSR count). The third-order valence-electron chi connectivity index (χ3n) is 4.80. The monoisotopic (exact) mass is 364 g/mol. The Morgan fingerprint density at radius 1 is 0.885 bits per heavy atom. The van der Waals surface area contributed by atoms with Gasteiger partial charge in [0.05, 0.1) is 12.6 Å². The molecule has 0 spiro atoms. The Morgan fingerprint density at radius 3 is 2.04 bits per heavy atom. The summed E-state index contributed by atoms with van der Waals surface area (Å²) < 4.78 is 39.5. The van der Waals surface area contributed by atoms with Crippen LogP contribution in [-0.4, -0.2) is 36.3 Å². The van der Waals surface area contributed by atoms with Gasteiger partial charge in [0.1, 0.15) is 5.82 Å². The van der Waals surface area contributed by atoms with Crippen LogP contribution in [0.4, 0.5) is 13.2 Å². The number of likely N-dealkylation sites (N-methyl/N-ethyl adjacent to an activating group) is 2. The van der Waals surface area contributed by atoms with Crippen LogP contribution in [0.5, 0.6) is 0 Å². The van der Waals surface area contributed by atoms with Gasteiger partial charge in [0.2, 0.25) is 5.91 Å². The van der Waals surface area contributed by atoms with Gasteiger partial charge in [0.25, 0.3) is 0 Å². The van der Waals surface area contributed by atoms with E-state index < -0.39 is 11.6 Å².